The molecule has 0 aromatic heterocycles. The first-order chi connectivity index (χ1) is 40.5. The maximum absolute atomic E-state index is 15.2. The fraction of sp³-hybridized carbons (Fsp3) is 0.794. The van der Waals surface area contributed by atoms with Gasteiger partial charge in [-0.05, 0) is 102 Å². The van der Waals surface area contributed by atoms with E-state index in [1.54, 1.807) is 60.6 Å². The Kier molecular flexibility index (Phi) is 32.0. The lowest BCUT2D eigenvalue weighted by Gasteiger charge is -2.41. The molecule has 0 aliphatic carbocycles. The van der Waals surface area contributed by atoms with Crippen molar-refractivity contribution < 1.29 is 68.1 Å². The minimum Gasteiger partial charge on any atom is -0.394 e. The summed E-state index contributed by atoms with van der Waals surface area (Å²) in [5.74, 6) is -11.1. The number of aliphatic hydroxyl groups is 3. The summed E-state index contributed by atoms with van der Waals surface area (Å²) in [5, 5.41) is 44.9. The van der Waals surface area contributed by atoms with Gasteiger partial charge in [0.15, 0.2) is 0 Å². The van der Waals surface area contributed by atoms with E-state index in [0.717, 1.165) is 19.6 Å². The molecule has 88 heavy (non-hydrogen) atoms. The van der Waals surface area contributed by atoms with Crippen LogP contribution in [0.25, 0.3) is 0 Å². The Morgan fingerprint density at radius 1 is 0.477 bits per heavy atom. The Morgan fingerprint density at radius 2 is 0.886 bits per heavy atom. The van der Waals surface area contributed by atoms with Crippen LogP contribution in [0.4, 0.5) is 0 Å². The number of hydrogen-bond donors (Lipinski definition) is 7. The normalized spacial score (nSPS) is 27.4. The van der Waals surface area contributed by atoms with E-state index in [4.69, 9.17) is 0 Å². The van der Waals surface area contributed by atoms with Gasteiger partial charge in [-0.2, -0.15) is 0 Å². The summed E-state index contributed by atoms with van der Waals surface area (Å²) in [5.41, 5.74) is -1.62. The molecule has 1 aliphatic heterocycles. The van der Waals surface area contributed by atoms with Crippen molar-refractivity contribution in [2.24, 2.45) is 35.5 Å². The van der Waals surface area contributed by atoms with E-state index in [9.17, 15) is 58.5 Å². The molecule has 11 amide bonds. The van der Waals surface area contributed by atoms with Crippen molar-refractivity contribution in [3.05, 3.63) is 12.2 Å². The van der Waals surface area contributed by atoms with Crippen LogP contribution in [0.5, 0.6) is 0 Å². The first kappa shape index (κ1) is 79.8. The van der Waals surface area contributed by atoms with E-state index in [0.29, 0.717) is 0 Å². The lowest BCUT2D eigenvalue weighted by atomic mass is 9.91. The maximum atomic E-state index is 15.2. The minimum absolute atomic E-state index is 0.0987. The molecule has 1 fully saturated rings. The predicted octanol–water partition coefficient (Wildman–Crippen LogP) is 1.74. The van der Waals surface area contributed by atoms with Crippen LogP contribution >= 0.6 is 0 Å². The summed E-state index contributed by atoms with van der Waals surface area (Å²) in [4.78, 5) is 169. The van der Waals surface area contributed by atoms with Crippen molar-refractivity contribution in [1.29, 1.82) is 0 Å². The van der Waals surface area contributed by atoms with Crippen molar-refractivity contribution in [2.75, 3.05) is 55.9 Å². The fourth-order valence-corrected chi connectivity index (χ4v) is 11.0. The number of amides is 11. The number of allylic oxidation sites excluding steroid dienone is 2. The Morgan fingerprint density at radius 3 is 1.33 bits per heavy atom. The van der Waals surface area contributed by atoms with Crippen LogP contribution in [0, 0.1) is 35.5 Å². The van der Waals surface area contributed by atoms with E-state index >= 15 is 9.59 Å². The topological polar surface area (TPSA) is 319 Å². The van der Waals surface area contributed by atoms with Crippen molar-refractivity contribution in [3.8, 4) is 0 Å². The number of nitrogens with zero attached hydrogens (tertiary/aromatic N) is 7. The quantitative estimate of drug-likeness (QED) is 0.108. The van der Waals surface area contributed by atoms with Crippen molar-refractivity contribution in [2.45, 2.75) is 234 Å². The van der Waals surface area contributed by atoms with Crippen LogP contribution in [-0.2, 0) is 52.7 Å². The lowest BCUT2D eigenvalue weighted by Crippen LogP contribution is -2.64. The second kappa shape index (κ2) is 35.3. The summed E-state index contributed by atoms with van der Waals surface area (Å²) >= 11 is 0. The molecule has 0 bridgehead atoms. The molecule has 1 heterocycles. The summed E-state index contributed by atoms with van der Waals surface area (Å²) in [6, 6.07) is -15.1. The molecular formula is C63H113N11O14. The smallest absolute Gasteiger partial charge is 0.248 e. The monoisotopic (exact) mass is 1250 g/mol. The van der Waals surface area contributed by atoms with Gasteiger partial charge in [0.1, 0.15) is 66.5 Å². The van der Waals surface area contributed by atoms with E-state index in [1.165, 1.54) is 91.7 Å². The molecule has 1 saturated heterocycles. The molecule has 1 rings (SSSR count). The molecule has 0 aromatic rings. The number of carbonyl (C=O) groups excluding carboxylic acids is 11. The molecule has 0 aromatic carbocycles. The van der Waals surface area contributed by atoms with E-state index in [1.807, 2.05) is 41.5 Å². The second-order valence-electron chi connectivity index (χ2n) is 26.9. The molecule has 0 spiro atoms. The van der Waals surface area contributed by atoms with E-state index < -0.39 is 174 Å². The zero-order chi connectivity index (χ0) is 68.5. The van der Waals surface area contributed by atoms with Crippen molar-refractivity contribution in [1.82, 2.24) is 55.6 Å². The van der Waals surface area contributed by atoms with Gasteiger partial charge in [-0.3, -0.25) is 52.7 Å². The minimum atomic E-state index is -1.70. The molecule has 7 N–H and O–H groups in total. The van der Waals surface area contributed by atoms with Gasteiger partial charge >= 0.3 is 0 Å². The van der Waals surface area contributed by atoms with Crippen LogP contribution < -0.4 is 21.3 Å². The van der Waals surface area contributed by atoms with E-state index in [2.05, 4.69) is 21.3 Å². The number of carbonyl (C=O) groups is 11. The molecule has 0 saturated carbocycles. The Hall–Kier alpha value is -6.21. The Balaban J connectivity index is 4.45. The Labute approximate surface area is 524 Å². The number of aliphatic hydroxyl groups excluding tert-OH is 2. The summed E-state index contributed by atoms with van der Waals surface area (Å²) < 4.78 is 0. The third kappa shape index (κ3) is 21.8. The highest BCUT2D eigenvalue weighted by molar-refractivity contribution is 6.00. The van der Waals surface area contributed by atoms with Gasteiger partial charge in [0.05, 0.1) is 18.3 Å². The highest BCUT2D eigenvalue weighted by Gasteiger charge is 2.46. The highest BCUT2D eigenvalue weighted by atomic mass is 16.3. The average molecular weight is 1250 g/mol. The summed E-state index contributed by atoms with van der Waals surface area (Å²) in [6.45, 7) is 27.4. The fourth-order valence-electron chi connectivity index (χ4n) is 11.0. The van der Waals surface area contributed by atoms with Gasteiger partial charge in [0.2, 0.25) is 65.0 Å². The largest absolute Gasteiger partial charge is 0.394 e. The van der Waals surface area contributed by atoms with Gasteiger partial charge < -0.3 is 70.9 Å². The molecular weight excluding hydrogens is 1130 g/mol. The zero-order valence-electron chi connectivity index (χ0n) is 57.5. The van der Waals surface area contributed by atoms with Crippen LogP contribution in [0.2, 0.25) is 0 Å². The predicted molar refractivity (Wildman–Crippen MR) is 336 cm³/mol. The highest BCUT2D eigenvalue weighted by Crippen LogP contribution is 2.26. The number of nitrogens with one attached hydrogen (secondary N) is 4. The van der Waals surface area contributed by atoms with Gasteiger partial charge in [0.25, 0.3) is 0 Å². The molecule has 1 aliphatic rings. The molecule has 504 valence electrons. The van der Waals surface area contributed by atoms with Crippen LogP contribution in [0.1, 0.15) is 156 Å². The molecule has 0 radical (unpaired) electrons. The third-order valence-electron chi connectivity index (χ3n) is 16.6. The summed E-state index contributed by atoms with van der Waals surface area (Å²) in [7, 11) is 9.40. The standard InChI is InChI=1S/C63H113N11O14/c1-25-27-28-39(13)51(76)50-55(80)66-42(26-2)57(82)72(22)47(33-75)60(85)71(21)46(32-63(16,17)88)54(79)67-48(37(9)10)61(86)68(18)43(29-34(3)4)53(78)64-40(14)52(77)65-41(15)56(81)69(19)44(30-35(5)6)58(83)70(20)45(31-36(7)8)59(84)73(23)49(38(11)12)62(87)74(50)24/h25,27,34-51,75-76,88H,26,28-33H2,1-24H3,(H,64,78)(H,65,77)(H,66,80)(H,67,79)/b27-25+/t39-,40+,41-,42+,43+,44-,45+,46+,47+,48+,49+,50?,51-/m1/s1. The number of likely N-dealkylation sites (N-methyl/N-ethyl adjacent to an activating group) is 7. The number of hydrogen-bond acceptors (Lipinski definition) is 14. The van der Waals surface area contributed by atoms with Crippen molar-refractivity contribution in [3.63, 3.8) is 0 Å². The second-order valence-corrected chi connectivity index (χ2v) is 26.9. The van der Waals surface area contributed by atoms with Crippen LogP contribution in [0.3, 0.4) is 0 Å². The van der Waals surface area contributed by atoms with Gasteiger partial charge in [-0.1, -0.05) is 95.2 Å². The third-order valence-corrected chi connectivity index (χ3v) is 16.6. The van der Waals surface area contributed by atoms with Crippen LogP contribution in [-0.4, -0.2) is 249 Å². The summed E-state index contributed by atoms with van der Waals surface area (Å²) in [6.07, 6.45) is 2.07. The molecule has 13 atom stereocenters. The zero-order valence-corrected chi connectivity index (χ0v) is 57.5. The first-order valence-corrected chi connectivity index (χ1v) is 31.2. The SMILES string of the molecule is C/C=C/C[C@@H](C)[C@@H](O)C1C(=O)N[C@@H](CC)C(=O)N(C)[C@@H](CO)C(=O)N(C)[C@@H](CC(C)(C)O)C(=O)N[C@@H](C(C)C)C(=O)N(C)[C@@H](CC(C)C)C(=O)N[C@@H](C)C(=O)N[C@H](C)C(=O)N(C)[C@H](CC(C)C)C(=O)N(C)[C@@H](CC(C)C)C(=O)N(C)[C@@H](C(C)C)C(=O)N1C. The molecule has 25 nitrogen and oxygen atoms in total. The Bertz CT molecular complexity index is 2430. The molecule has 1 unspecified atom stereocenters. The average Bonchev–Trinajstić information content (AvgIpc) is 2.21. The maximum Gasteiger partial charge on any atom is 0.248 e. The van der Waals surface area contributed by atoms with Gasteiger partial charge in [0, 0.05) is 55.8 Å². The molecule has 25 heteroatoms. The van der Waals surface area contributed by atoms with Gasteiger partial charge in [-0.25, -0.2) is 0 Å². The first-order valence-electron chi connectivity index (χ1n) is 31.2. The van der Waals surface area contributed by atoms with Crippen molar-refractivity contribution >= 4 is 65.0 Å². The van der Waals surface area contributed by atoms with Crippen LogP contribution in [0.15, 0.2) is 12.2 Å². The number of rotatable bonds is 16. The van der Waals surface area contributed by atoms with E-state index in [-0.39, 0.29) is 49.9 Å². The lowest BCUT2D eigenvalue weighted by molar-refractivity contribution is -0.157. The van der Waals surface area contributed by atoms with Gasteiger partial charge in [-0.15, -0.1) is 0 Å².